The Bertz CT molecular complexity index is 1470. The smallest absolute Gasteiger partial charge is 0.260 e. The molecule has 7 heteroatoms. The van der Waals surface area contributed by atoms with E-state index in [0.29, 0.717) is 28.0 Å². The van der Waals surface area contributed by atoms with Gasteiger partial charge in [0, 0.05) is 5.69 Å². The van der Waals surface area contributed by atoms with E-state index in [1.807, 2.05) is 42.5 Å². The highest BCUT2D eigenvalue weighted by Gasteiger charge is 2.27. The molecule has 4 aromatic rings. The van der Waals surface area contributed by atoms with E-state index in [1.165, 1.54) is 22.7 Å². The number of hydrogen-bond donors (Lipinski definition) is 2. The van der Waals surface area contributed by atoms with Crippen molar-refractivity contribution in [1.29, 1.82) is 0 Å². The van der Waals surface area contributed by atoms with Gasteiger partial charge in [-0.25, -0.2) is 0 Å². The Morgan fingerprint density at radius 2 is 1.76 bits per heavy atom. The van der Waals surface area contributed by atoms with Gasteiger partial charge in [-0.15, -0.1) is 0 Å². The molecule has 0 unspecified atom stereocenters. The summed E-state index contributed by atoms with van der Waals surface area (Å²) >= 11 is 8.03. The van der Waals surface area contributed by atoms with E-state index in [4.69, 9.17) is 21.1 Å². The molecule has 1 fully saturated rings. The maximum Gasteiger partial charge on any atom is 0.260 e. The largest absolute Gasteiger partial charge is 0.493 e. The van der Waals surface area contributed by atoms with Gasteiger partial charge in [-0.3, -0.25) is 4.79 Å². The molecule has 5 nitrogen and oxygen atoms in total. The van der Waals surface area contributed by atoms with E-state index >= 15 is 0 Å². The third-order valence-electron chi connectivity index (χ3n) is 6.14. The lowest BCUT2D eigenvalue weighted by molar-refractivity contribution is -0.116. The number of benzene rings is 4. The number of rotatable bonds is 8. The molecule has 2 N–H and O–H groups in total. The Kier molecular flexibility index (Phi) is 7.58. The molecule has 1 atom stereocenters. The van der Waals surface area contributed by atoms with Crippen LogP contribution in [0.3, 0.4) is 0 Å². The highest BCUT2D eigenvalue weighted by molar-refractivity contribution is 8.05. The number of amides is 1. The average Bonchev–Trinajstić information content (AvgIpc) is 3.26. The summed E-state index contributed by atoms with van der Waals surface area (Å²) in [6, 6.07) is 26.2. The quantitative estimate of drug-likeness (QED) is 0.235. The number of thioether (sulfide) groups is 1. The number of ether oxygens (including phenoxy) is 2. The zero-order valence-electron chi connectivity index (χ0n) is 20.6. The first-order valence-corrected chi connectivity index (χ1v) is 13.3. The van der Waals surface area contributed by atoms with Crippen molar-refractivity contribution in [2.45, 2.75) is 25.4 Å². The minimum Gasteiger partial charge on any atom is -0.493 e. The van der Waals surface area contributed by atoms with Crippen molar-refractivity contribution in [2.75, 3.05) is 12.4 Å². The summed E-state index contributed by atoms with van der Waals surface area (Å²) in [5, 5.41) is 9.06. The number of anilines is 1. The van der Waals surface area contributed by atoms with Crippen LogP contribution in [0, 0.1) is 0 Å². The monoisotopic (exact) mass is 530 g/mol. The maximum atomic E-state index is 12.6. The first-order chi connectivity index (χ1) is 18.0. The lowest BCUT2D eigenvalue weighted by Gasteiger charge is -2.14. The molecule has 4 aromatic carbocycles. The minimum absolute atomic E-state index is 0.139. The number of carbonyl (C=O) groups excluding carboxylic acids is 1. The van der Waals surface area contributed by atoms with E-state index < -0.39 is 0 Å². The summed E-state index contributed by atoms with van der Waals surface area (Å²) in [6.07, 6.45) is 2.80. The number of carbonyl (C=O) groups is 1. The second-order valence-corrected chi connectivity index (χ2v) is 10.2. The number of fused-ring (bicyclic) bond motifs is 1. The Labute approximate surface area is 225 Å². The predicted molar refractivity (Wildman–Crippen MR) is 153 cm³/mol. The van der Waals surface area contributed by atoms with Gasteiger partial charge in [-0.1, -0.05) is 78.8 Å². The Balaban J connectivity index is 1.29. The second-order valence-electron chi connectivity index (χ2n) is 8.68. The molecule has 0 aliphatic carbocycles. The van der Waals surface area contributed by atoms with Crippen LogP contribution in [0.1, 0.15) is 23.6 Å². The van der Waals surface area contributed by atoms with Crippen molar-refractivity contribution in [3.8, 4) is 11.5 Å². The standard InChI is InChI=1S/C30H27ClN2O3S/c1-3-19-9-12-24(13-10-19)32-30-33-29(34)27(37-30)17-21-15-25(31)28(26(16-21)35-2)36-18-20-8-11-22-6-4-5-7-23(22)14-20/h4-17,30,32H,3,18H2,1-2H3,(H,33,34)/b27-17-/t30-/m0/s1. The van der Waals surface area contributed by atoms with Crippen LogP contribution in [0.4, 0.5) is 5.69 Å². The zero-order chi connectivity index (χ0) is 25.8. The van der Waals surface area contributed by atoms with Gasteiger partial charge in [0.2, 0.25) is 0 Å². The van der Waals surface area contributed by atoms with Gasteiger partial charge in [-0.05, 0) is 70.3 Å². The van der Waals surface area contributed by atoms with Crippen LogP contribution in [-0.4, -0.2) is 18.5 Å². The first kappa shape index (κ1) is 25.1. The summed E-state index contributed by atoms with van der Waals surface area (Å²) in [5.74, 6) is 0.840. The molecular formula is C30H27ClN2O3S. The van der Waals surface area contributed by atoms with Crippen molar-refractivity contribution in [2.24, 2.45) is 0 Å². The lowest BCUT2D eigenvalue weighted by Crippen LogP contribution is -2.30. The van der Waals surface area contributed by atoms with Gasteiger partial charge in [0.15, 0.2) is 17.0 Å². The van der Waals surface area contributed by atoms with E-state index in [9.17, 15) is 4.79 Å². The molecule has 1 heterocycles. The third kappa shape index (κ3) is 5.87. The van der Waals surface area contributed by atoms with Crippen molar-refractivity contribution < 1.29 is 14.3 Å². The van der Waals surface area contributed by atoms with Crippen LogP contribution in [0.25, 0.3) is 16.8 Å². The molecule has 1 aliphatic rings. The molecule has 1 aliphatic heterocycles. The van der Waals surface area contributed by atoms with Gasteiger partial charge in [0.1, 0.15) is 6.61 Å². The van der Waals surface area contributed by atoms with Crippen molar-refractivity contribution in [3.05, 3.63) is 105 Å². The molecule has 0 saturated carbocycles. The molecule has 5 rings (SSSR count). The SMILES string of the molecule is CCc1ccc(N[C@H]2NC(=O)/C(=C/c3cc(Cl)c(OCc4ccc5ccccc5c4)c(OC)c3)S2)cc1. The number of aryl methyl sites for hydroxylation is 1. The molecular weight excluding hydrogens is 504 g/mol. The van der Waals surface area contributed by atoms with Crippen molar-refractivity contribution >= 4 is 51.8 Å². The van der Waals surface area contributed by atoms with Crippen LogP contribution in [0.15, 0.2) is 83.8 Å². The molecule has 37 heavy (non-hydrogen) atoms. The van der Waals surface area contributed by atoms with Gasteiger partial charge in [0.25, 0.3) is 5.91 Å². The fraction of sp³-hybridized carbons (Fsp3) is 0.167. The topological polar surface area (TPSA) is 59.6 Å². The normalized spacial score (nSPS) is 16.1. The van der Waals surface area contributed by atoms with Gasteiger partial charge in [0.05, 0.1) is 17.0 Å². The number of hydrogen-bond acceptors (Lipinski definition) is 5. The van der Waals surface area contributed by atoms with Crippen LogP contribution in [0.2, 0.25) is 5.02 Å². The first-order valence-electron chi connectivity index (χ1n) is 12.0. The van der Waals surface area contributed by atoms with E-state index in [0.717, 1.165) is 28.6 Å². The number of halogens is 1. The highest BCUT2D eigenvalue weighted by Crippen LogP contribution is 2.39. The second kappa shape index (κ2) is 11.2. The molecule has 188 valence electrons. The molecule has 0 aromatic heterocycles. The Morgan fingerprint density at radius 3 is 2.51 bits per heavy atom. The fourth-order valence-corrected chi connectivity index (χ4v) is 5.41. The summed E-state index contributed by atoms with van der Waals surface area (Å²) in [7, 11) is 1.58. The minimum atomic E-state index is -0.256. The zero-order valence-corrected chi connectivity index (χ0v) is 22.2. The average molecular weight is 531 g/mol. The molecule has 0 radical (unpaired) electrons. The van der Waals surface area contributed by atoms with E-state index in [2.05, 4.69) is 54.0 Å². The fourth-order valence-electron chi connectivity index (χ4n) is 4.15. The summed E-state index contributed by atoms with van der Waals surface area (Å²) in [4.78, 5) is 13.2. The number of methoxy groups -OCH3 is 1. The molecule has 0 spiro atoms. The summed E-state index contributed by atoms with van der Waals surface area (Å²) in [6.45, 7) is 2.48. The molecule has 1 saturated heterocycles. The van der Waals surface area contributed by atoms with Gasteiger partial charge < -0.3 is 20.1 Å². The molecule has 1 amide bonds. The lowest BCUT2D eigenvalue weighted by atomic mass is 10.1. The van der Waals surface area contributed by atoms with Crippen LogP contribution >= 0.6 is 23.4 Å². The van der Waals surface area contributed by atoms with E-state index in [-0.39, 0.29) is 11.4 Å². The third-order valence-corrected chi connectivity index (χ3v) is 7.45. The van der Waals surface area contributed by atoms with Gasteiger partial charge in [-0.2, -0.15) is 0 Å². The Morgan fingerprint density at radius 1 is 1.00 bits per heavy atom. The Hall–Kier alpha value is -3.61. The van der Waals surface area contributed by atoms with Crippen molar-refractivity contribution in [1.82, 2.24) is 5.32 Å². The van der Waals surface area contributed by atoms with Crippen molar-refractivity contribution in [3.63, 3.8) is 0 Å². The molecule has 0 bridgehead atoms. The van der Waals surface area contributed by atoms with Crippen LogP contribution in [-0.2, 0) is 17.8 Å². The van der Waals surface area contributed by atoms with E-state index in [1.54, 1.807) is 13.2 Å². The summed E-state index contributed by atoms with van der Waals surface area (Å²) in [5.41, 5.74) is 3.75. The number of nitrogens with one attached hydrogen (secondary N) is 2. The maximum absolute atomic E-state index is 12.6. The van der Waals surface area contributed by atoms with Crippen LogP contribution in [0.5, 0.6) is 11.5 Å². The summed E-state index contributed by atoms with van der Waals surface area (Å²) < 4.78 is 11.6. The van der Waals surface area contributed by atoms with Crippen LogP contribution < -0.4 is 20.1 Å². The highest BCUT2D eigenvalue weighted by atomic mass is 35.5. The van der Waals surface area contributed by atoms with Gasteiger partial charge >= 0.3 is 0 Å². The predicted octanol–water partition coefficient (Wildman–Crippen LogP) is 7.24.